The van der Waals surface area contributed by atoms with E-state index in [0.29, 0.717) is 13.1 Å². The lowest BCUT2D eigenvalue weighted by atomic mass is 10.3. The Bertz CT molecular complexity index is 530. The van der Waals surface area contributed by atoms with Gasteiger partial charge in [-0.05, 0) is 45.0 Å². The van der Waals surface area contributed by atoms with Crippen LogP contribution in [-0.2, 0) is 6.54 Å². The van der Waals surface area contributed by atoms with E-state index in [2.05, 4.69) is 36.4 Å². The van der Waals surface area contributed by atoms with Crippen molar-refractivity contribution in [2.45, 2.75) is 13.5 Å². The highest BCUT2D eigenvalue weighted by atomic mass is 79.9. The van der Waals surface area contributed by atoms with Crippen molar-refractivity contribution in [1.82, 2.24) is 25.1 Å². The summed E-state index contributed by atoms with van der Waals surface area (Å²) in [6.07, 6.45) is 0. The van der Waals surface area contributed by atoms with Crippen molar-refractivity contribution in [3.05, 3.63) is 34.6 Å². The third-order valence-corrected chi connectivity index (χ3v) is 3.51. The van der Waals surface area contributed by atoms with Gasteiger partial charge >= 0.3 is 0 Å². The molecule has 0 fully saturated rings. The Labute approximate surface area is 120 Å². The number of halogens is 1. The molecule has 2 aromatic rings. The summed E-state index contributed by atoms with van der Waals surface area (Å²) in [5.74, 6) is 0.752. The maximum absolute atomic E-state index is 9.02. The summed E-state index contributed by atoms with van der Waals surface area (Å²) in [5.41, 5.74) is 0.905. The molecule has 0 saturated heterocycles. The van der Waals surface area contributed by atoms with E-state index in [-0.39, 0.29) is 6.61 Å². The zero-order valence-electron chi connectivity index (χ0n) is 10.7. The van der Waals surface area contributed by atoms with Gasteiger partial charge in [0.05, 0.1) is 18.8 Å². The molecule has 0 aliphatic heterocycles. The second kappa shape index (κ2) is 6.74. The van der Waals surface area contributed by atoms with Crippen molar-refractivity contribution in [1.29, 1.82) is 0 Å². The van der Waals surface area contributed by atoms with Crippen LogP contribution in [0.3, 0.4) is 0 Å². The van der Waals surface area contributed by atoms with Crippen LogP contribution in [0.15, 0.2) is 28.7 Å². The molecule has 0 unspecified atom stereocenters. The van der Waals surface area contributed by atoms with Crippen molar-refractivity contribution in [3.8, 4) is 5.69 Å². The normalized spacial score (nSPS) is 11.2. The van der Waals surface area contributed by atoms with E-state index in [1.54, 1.807) is 4.68 Å². The van der Waals surface area contributed by atoms with Gasteiger partial charge in [-0.25, -0.2) is 0 Å². The number of para-hydroxylation sites is 1. The molecule has 0 amide bonds. The van der Waals surface area contributed by atoms with Crippen LogP contribution in [0.2, 0.25) is 0 Å². The summed E-state index contributed by atoms with van der Waals surface area (Å²) in [6.45, 7) is 4.22. The Morgan fingerprint density at radius 2 is 2.16 bits per heavy atom. The third-order valence-electron chi connectivity index (χ3n) is 2.84. The number of likely N-dealkylation sites (N-methyl/N-ethyl adjacent to an activating group) is 1. The minimum absolute atomic E-state index is 0.129. The summed E-state index contributed by atoms with van der Waals surface area (Å²) in [5, 5.41) is 20.9. The molecule has 1 aromatic carbocycles. The molecular weight excluding hydrogens is 310 g/mol. The quantitative estimate of drug-likeness (QED) is 0.865. The van der Waals surface area contributed by atoms with Gasteiger partial charge in [-0.15, -0.1) is 5.10 Å². The van der Waals surface area contributed by atoms with Crippen molar-refractivity contribution < 1.29 is 5.11 Å². The summed E-state index contributed by atoms with van der Waals surface area (Å²) in [6, 6.07) is 7.79. The summed E-state index contributed by atoms with van der Waals surface area (Å²) in [4.78, 5) is 2.08. The van der Waals surface area contributed by atoms with E-state index in [1.807, 2.05) is 31.2 Å². The smallest absolute Gasteiger partial charge is 0.170 e. The monoisotopic (exact) mass is 325 g/mol. The second-order valence-corrected chi connectivity index (χ2v) is 4.91. The molecule has 7 heteroatoms. The number of aliphatic hydroxyl groups is 1. The van der Waals surface area contributed by atoms with E-state index >= 15 is 0 Å². The molecule has 0 aliphatic rings. The summed E-state index contributed by atoms with van der Waals surface area (Å²) in [7, 11) is 0. The fraction of sp³-hybridized carbons (Fsp3) is 0.417. The first kappa shape index (κ1) is 14.1. The zero-order valence-corrected chi connectivity index (χ0v) is 12.3. The average molecular weight is 326 g/mol. The van der Waals surface area contributed by atoms with Crippen LogP contribution in [0.25, 0.3) is 5.69 Å². The van der Waals surface area contributed by atoms with Crippen LogP contribution in [0.4, 0.5) is 0 Å². The highest BCUT2D eigenvalue weighted by molar-refractivity contribution is 9.10. The number of aliphatic hydroxyl groups excluding tert-OH is 1. The molecule has 0 radical (unpaired) electrons. The maximum atomic E-state index is 9.02. The largest absolute Gasteiger partial charge is 0.395 e. The molecule has 19 heavy (non-hydrogen) atoms. The number of rotatable bonds is 6. The molecule has 0 atom stereocenters. The summed E-state index contributed by atoms with van der Waals surface area (Å²) >= 11 is 3.50. The predicted octanol–water partition coefficient (Wildman–Crippen LogP) is 1.24. The Morgan fingerprint density at radius 3 is 2.84 bits per heavy atom. The number of benzene rings is 1. The van der Waals surface area contributed by atoms with Crippen molar-refractivity contribution in [2.24, 2.45) is 0 Å². The van der Waals surface area contributed by atoms with E-state index in [4.69, 9.17) is 5.11 Å². The van der Waals surface area contributed by atoms with Crippen LogP contribution in [0.1, 0.15) is 12.7 Å². The van der Waals surface area contributed by atoms with E-state index in [9.17, 15) is 0 Å². The lowest BCUT2D eigenvalue weighted by Crippen LogP contribution is -2.27. The van der Waals surface area contributed by atoms with Gasteiger partial charge in [-0.3, -0.25) is 4.90 Å². The highest BCUT2D eigenvalue weighted by Gasteiger charge is 2.13. The number of hydrogen-bond donors (Lipinski definition) is 1. The third kappa shape index (κ3) is 3.37. The van der Waals surface area contributed by atoms with Gasteiger partial charge in [0, 0.05) is 11.0 Å². The van der Waals surface area contributed by atoms with Gasteiger partial charge < -0.3 is 5.11 Å². The Morgan fingerprint density at radius 1 is 1.37 bits per heavy atom. The molecule has 0 bridgehead atoms. The first-order chi connectivity index (χ1) is 9.26. The van der Waals surface area contributed by atoms with Crippen LogP contribution in [0, 0.1) is 0 Å². The fourth-order valence-electron chi connectivity index (χ4n) is 1.81. The van der Waals surface area contributed by atoms with E-state index in [0.717, 1.165) is 22.5 Å². The molecule has 0 spiro atoms. The minimum atomic E-state index is 0.129. The Balaban J connectivity index is 2.25. The molecule has 1 aromatic heterocycles. The van der Waals surface area contributed by atoms with Crippen molar-refractivity contribution in [3.63, 3.8) is 0 Å². The van der Waals surface area contributed by atoms with Gasteiger partial charge in [0.25, 0.3) is 0 Å². The molecule has 0 saturated carbocycles. The molecular formula is C12H16BrN5O. The van der Waals surface area contributed by atoms with Crippen LogP contribution < -0.4 is 0 Å². The van der Waals surface area contributed by atoms with E-state index in [1.165, 1.54) is 0 Å². The standard InChI is InChI=1S/C12H16BrN5O/c1-2-17(7-8-19)9-12-14-15-16-18(12)11-6-4-3-5-10(11)13/h3-6,19H,2,7-9H2,1H3. The van der Waals surface area contributed by atoms with Gasteiger partial charge in [-0.2, -0.15) is 4.68 Å². The predicted molar refractivity (Wildman–Crippen MR) is 74.9 cm³/mol. The van der Waals surface area contributed by atoms with Crippen LogP contribution >= 0.6 is 15.9 Å². The lowest BCUT2D eigenvalue weighted by Gasteiger charge is -2.18. The first-order valence-corrected chi connectivity index (χ1v) is 6.91. The topological polar surface area (TPSA) is 67.1 Å². The van der Waals surface area contributed by atoms with Gasteiger partial charge in [0.15, 0.2) is 5.82 Å². The van der Waals surface area contributed by atoms with Crippen molar-refractivity contribution in [2.75, 3.05) is 19.7 Å². The van der Waals surface area contributed by atoms with Gasteiger partial charge in [0.1, 0.15) is 0 Å². The number of tetrazole rings is 1. The Hall–Kier alpha value is -1.31. The molecule has 1 N–H and O–H groups in total. The Kier molecular flexibility index (Phi) is 5.00. The molecule has 6 nitrogen and oxygen atoms in total. The summed E-state index contributed by atoms with van der Waals surface area (Å²) < 4.78 is 2.65. The van der Waals surface area contributed by atoms with Crippen LogP contribution in [0.5, 0.6) is 0 Å². The molecule has 0 aliphatic carbocycles. The SMILES string of the molecule is CCN(CCO)Cc1nnnn1-c1ccccc1Br. The zero-order chi connectivity index (χ0) is 13.7. The maximum Gasteiger partial charge on any atom is 0.170 e. The minimum Gasteiger partial charge on any atom is -0.395 e. The van der Waals surface area contributed by atoms with E-state index < -0.39 is 0 Å². The second-order valence-electron chi connectivity index (χ2n) is 4.05. The average Bonchev–Trinajstić information content (AvgIpc) is 2.87. The first-order valence-electron chi connectivity index (χ1n) is 6.11. The highest BCUT2D eigenvalue weighted by Crippen LogP contribution is 2.20. The molecule has 2 rings (SSSR count). The number of aromatic nitrogens is 4. The van der Waals surface area contributed by atoms with Crippen LogP contribution in [-0.4, -0.2) is 49.9 Å². The lowest BCUT2D eigenvalue weighted by molar-refractivity contribution is 0.193. The fourth-order valence-corrected chi connectivity index (χ4v) is 2.26. The van der Waals surface area contributed by atoms with Crippen molar-refractivity contribution >= 4 is 15.9 Å². The van der Waals surface area contributed by atoms with Gasteiger partial charge in [0.2, 0.25) is 0 Å². The molecule has 1 heterocycles. The molecule has 102 valence electrons. The number of nitrogens with zero attached hydrogens (tertiary/aromatic N) is 5. The number of hydrogen-bond acceptors (Lipinski definition) is 5. The van der Waals surface area contributed by atoms with Gasteiger partial charge in [-0.1, -0.05) is 19.1 Å².